The number of aromatic nitrogens is 1. The zero-order chi connectivity index (χ0) is 13.1. The Bertz CT molecular complexity index is 503. The molecule has 1 aliphatic rings. The third-order valence-corrected chi connectivity index (χ3v) is 4.45. The number of hydrogen-bond donors (Lipinski definition) is 1. The number of nitrogens with one attached hydrogen (secondary N) is 1. The topological polar surface area (TPSA) is 41.3 Å². The van der Waals surface area contributed by atoms with Gasteiger partial charge in [0.25, 0.3) is 0 Å². The van der Waals surface area contributed by atoms with Crippen LogP contribution in [0.4, 0.5) is 0 Å². The van der Waals surface area contributed by atoms with Crippen LogP contribution in [0.25, 0.3) is 10.8 Å². The van der Waals surface area contributed by atoms with Crippen LogP contribution in [0.2, 0.25) is 0 Å². The first-order valence-electron chi connectivity index (χ1n) is 6.72. The summed E-state index contributed by atoms with van der Waals surface area (Å²) in [5.41, 5.74) is 1.01. The maximum atomic E-state index is 5.55. The van der Waals surface area contributed by atoms with Crippen molar-refractivity contribution in [1.82, 2.24) is 15.2 Å². The first-order valence-corrected chi connectivity index (χ1v) is 7.60. The van der Waals surface area contributed by atoms with Crippen LogP contribution in [0.3, 0.4) is 0 Å². The molecular weight excluding hydrogens is 258 g/mol. The summed E-state index contributed by atoms with van der Waals surface area (Å²) >= 11 is 1.66. The van der Waals surface area contributed by atoms with Crippen molar-refractivity contribution in [2.75, 3.05) is 20.1 Å². The van der Waals surface area contributed by atoms with Crippen molar-refractivity contribution < 1.29 is 4.42 Å². The van der Waals surface area contributed by atoms with Crippen molar-refractivity contribution in [1.29, 1.82) is 0 Å². The zero-order valence-corrected chi connectivity index (χ0v) is 11.9. The van der Waals surface area contributed by atoms with Gasteiger partial charge in [0.2, 0.25) is 5.89 Å². The second-order valence-electron chi connectivity index (χ2n) is 5.04. The molecule has 0 radical (unpaired) electrons. The minimum Gasteiger partial charge on any atom is -0.444 e. The van der Waals surface area contributed by atoms with E-state index in [0.717, 1.165) is 36.1 Å². The molecule has 1 atom stereocenters. The summed E-state index contributed by atoms with van der Waals surface area (Å²) in [7, 11) is 2.16. The van der Waals surface area contributed by atoms with E-state index in [-0.39, 0.29) is 0 Å². The predicted octanol–water partition coefficient (Wildman–Crippen LogP) is 2.59. The maximum absolute atomic E-state index is 5.55. The Morgan fingerprint density at radius 2 is 2.53 bits per heavy atom. The van der Waals surface area contributed by atoms with Gasteiger partial charge in [-0.15, -0.1) is 11.3 Å². The van der Waals surface area contributed by atoms with Crippen molar-refractivity contribution >= 4 is 11.3 Å². The Morgan fingerprint density at radius 3 is 3.26 bits per heavy atom. The van der Waals surface area contributed by atoms with Crippen LogP contribution in [0.5, 0.6) is 0 Å². The van der Waals surface area contributed by atoms with Crippen LogP contribution in [-0.4, -0.2) is 36.1 Å². The molecule has 0 bridgehead atoms. The SMILES string of the molecule is CN(Cc1coc(-c2cccs2)n1)C1CCCNC1. The monoisotopic (exact) mass is 277 g/mol. The Kier molecular flexibility index (Phi) is 3.96. The zero-order valence-electron chi connectivity index (χ0n) is 11.1. The van der Waals surface area contributed by atoms with E-state index in [0.29, 0.717) is 6.04 Å². The summed E-state index contributed by atoms with van der Waals surface area (Å²) in [6, 6.07) is 4.66. The van der Waals surface area contributed by atoms with Gasteiger partial charge in [-0.1, -0.05) is 6.07 Å². The van der Waals surface area contributed by atoms with Gasteiger partial charge in [-0.3, -0.25) is 4.90 Å². The lowest BCUT2D eigenvalue weighted by Crippen LogP contribution is -2.43. The molecule has 3 rings (SSSR count). The summed E-state index contributed by atoms with van der Waals surface area (Å²) in [5, 5.41) is 5.49. The summed E-state index contributed by atoms with van der Waals surface area (Å²) in [5.74, 6) is 0.736. The van der Waals surface area contributed by atoms with E-state index in [9.17, 15) is 0 Å². The smallest absolute Gasteiger partial charge is 0.236 e. The van der Waals surface area contributed by atoms with Crippen molar-refractivity contribution in [3.05, 3.63) is 29.5 Å². The van der Waals surface area contributed by atoms with Gasteiger partial charge >= 0.3 is 0 Å². The molecule has 0 amide bonds. The quantitative estimate of drug-likeness (QED) is 0.932. The third-order valence-electron chi connectivity index (χ3n) is 3.59. The van der Waals surface area contributed by atoms with Gasteiger partial charge in [-0.2, -0.15) is 0 Å². The molecule has 1 aliphatic heterocycles. The molecule has 4 nitrogen and oxygen atoms in total. The summed E-state index contributed by atoms with van der Waals surface area (Å²) in [6.07, 6.45) is 4.30. The van der Waals surface area contributed by atoms with Gasteiger partial charge in [-0.25, -0.2) is 4.98 Å². The lowest BCUT2D eigenvalue weighted by molar-refractivity contribution is 0.194. The molecule has 2 aromatic rings. The lowest BCUT2D eigenvalue weighted by atomic mass is 10.1. The Morgan fingerprint density at radius 1 is 1.58 bits per heavy atom. The molecule has 0 aromatic carbocycles. The number of hydrogen-bond acceptors (Lipinski definition) is 5. The number of oxazole rings is 1. The largest absolute Gasteiger partial charge is 0.444 e. The highest BCUT2D eigenvalue weighted by Crippen LogP contribution is 2.24. The van der Waals surface area contributed by atoms with E-state index in [1.54, 1.807) is 17.6 Å². The van der Waals surface area contributed by atoms with Gasteiger partial charge < -0.3 is 9.73 Å². The highest BCUT2D eigenvalue weighted by atomic mass is 32.1. The Labute approximate surface area is 117 Å². The van der Waals surface area contributed by atoms with Gasteiger partial charge in [0.1, 0.15) is 6.26 Å². The maximum Gasteiger partial charge on any atom is 0.236 e. The number of piperidine rings is 1. The van der Waals surface area contributed by atoms with Crippen molar-refractivity contribution in [2.45, 2.75) is 25.4 Å². The van der Waals surface area contributed by atoms with E-state index < -0.39 is 0 Å². The standard InChI is InChI=1S/C14H19N3OS/c1-17(12-4-2-6-15-8-12)9-11-10-18-14(16-11)13-5-3-7-19-13/h3,5,7,10,12,15H,2,4,6,8-9H2,1H3. The van der Waals surface area contributed by atoms with Crippen LogP contribution in [0.15, 0.2) is 28.2 Å². The minimum absolute atomic E-state index is 0.607. The fraction of sp³-hybridized carbons (Fsp3) is 0.500. The van der Waals surface area contributed by atoms with Crippen LogP contribution >= 0.6 is 11.3 Å². The molecule has 5 heteroatoms. The molecule has 0 saturated carbocycles. The lowest BCUT2D eigenvalue weighted by Gasteiger charge is -2.30. The second kappa shape index (κ2) is 5.86. The van der Waals surface area contributed by atoms with Gasteiger partial charge in [0, 0.05) is 19.1 Å². The number of thiophene rings is 1. The molecular formula is C14H19N3OS. The number of likely N-dealkylation sites (N-methyl/N-ethyl adjacent to an activating group) is 1. The molecule has 1 saturated heterocycles. The van der Waals surface area contributed by atoms with E-state index >= 15 is 0 Å². The molecule has 19 heavy (non-hydrogen) atoms. The minimum atomic E-state index is 0.607. The highest BCUT2D eigenvalue weighted by molar-refractivity contribution is 7.13. The molecule has 102 valence electrons. The molecule has 1 N–H and O–H groups in total. The first-order chi connectivity index (χ1) is 9.33. The van der Waals surface area contributed by atoms with Crippen molar-refractivity contribution in [3.8, 4) is 10.8 Å². The molecule has 0 spiro atoms. The van der Waals surface area contributed by atoms with Gasteiger partial charge in [0.15, 0.2) is 0 Å². The average Bonchev–Trinajstić information content (AvgIpc) is 3.10. The molecule has 1 unspecified atom stereocenters. The third kappa shape index (κ3) is 3.05. The molecule has 3 heterocycles. The van der Waals surface area contributed by atoms with E-state index in [1.165, 1.54) is 12.8 Å². The van der Waals surface area contributed by atoms with E-state index in [2.05, 4.69) is 22.2 Å². The average molecular weight is 277 g/mol. The molecule has 1 fully saturated rings. The molecule has 0 aliphatic carbocycles. The number of rotatable bonds is 4. The van der Waals surface area contributed by atoms with Crippen LogP contribution in [0, 0.1) is 0 Å². The van der Waals surface area contributed by atoms with Gasteiger partial charge in [0.05, 0.1) is 10.6 Å². The predicted molar refractivity (Wildman–Crippen MR) is 77.2 cm³/mol. The van der Waals surface area contributed by atoms with Crippen molar-refractivity contribution in [2.24, 2.45) is 0 Å². The highest BCUT2D eigenvalue weighted by Gasteiger charge is 2.19. The normalized spacial score (nSPS) is 20.0. The Hall–Kier alpha value is -1.17. The van der Waals surface area contributed by atoms with E-state index in [4.69, 9.17) is 4.42 Å². The second-order valence-corrected chi connectivity index (χ2v) is 5.98. The first kappa shape index (κ1) is 12.8. The van der Waals surface area contributed by atoms with Crippen LogP contribution in [0.1, 0.15) is 18.5 Å². The molecule has 2 aromatic heterocycles. The Balaban J connectivity index is 1.63. The van der Waals surface area contributed by atoms with Crippen LogP contribution in [-0.2, 0) is 6.54 Å². The fourth-order valence-electron chi connectivity index (χ4n) is 2.49. The van der Waals surface area contributed by atoms with E-state index in [1.807, 2.05) is 17.5 Å². The summed E-state index contributed by atoms with van der Waals surface area (Å²) in [4.78, 5) is 8.02. The fourth-order valence-corrected chi connectivity index (χ4v) is 3.14. The van der Waals surface area contributed by atoms with Gasteiger partial charge in [-0.05, 0) is 37.9 Å². The summed E-state index contributed by atoms with van der Waals surface area (Å²) in [6.45, 7) is 3.07. The summed E-state index contributed by atoms with van der Waals surface area (Å²) < 4.78 is 5.55. The number of nitrogens with zero attached hydrogens (tertiary/aromatic N) is 2. The van der Waals surface area contributed by atoms with Crippen LogP contribution < -0.4 is 5.32 Å². The van der Waals surface area contributed by atoms with Crippen molar-refractivity contribution in [3.63, 3.8) is 0 Å².